The molecule has 0 spiro atoms. The van der Waals surface area contributed by atoms with E-state index >= 15 is 0 Å². The van der Waals surface area contributed by atoms with Crippen LogP contribution >= 0.6 is 0 Å². The first-order valence-corrected chi connectivity index (χ1v) is 17.4. The summed E-state index contributed by atoms with van der Waals surface area (Å²) in [6.45, 7) is 12.0. The van der Waals surface area contributed by atoms with E-state index < -0.39 is 0 Å². The first-order valence-electron chi connectivity index (χ1n) is 17.4. The minimum atomic E-state index is 0.890. The summed E-state index contributed by atoms with van der Waals surface area (Å²) in [5.74, 6) is 0. The maximum Gasteiger partial charge on any atom is 0.0205 e. The third-order valence-corrected chi connectivity index (χ3v) is 7.99. The van der Waals surface area contributed by atoms with Crippen LogP contribution in [0.1, 0.15) is 47.9 Å². The fraction of sp³-hybridized carbons (Fsp3) is 0.400. The van der Waals surface area contributed by atoms with Gasteiger partial charge in [0.1, 0.15) is 0 Å². The molecule has 6 heteroatoms. The van der Waals surface area contributed by atoms with E-state index in [-0.39, 0.29) is 0 Å². The van der Waals surface area contributed by atoms with Gasteiger partial charge in [0, 0.05) is 26.2 Å². The van der Waals surface area contributed by atoms with Crippen LogP contribution in [0, 0.1) is 0 Å². The highest BCUT2D eigenvalue weighted by molar-refractivity contribution is 5.65. The molecule has 0 saturated heterocycles. The first kappa shape index (κ1) is 35.5. The second kappa shape index (κ2) is 23.0. The van der Waals surface area contributed by atoms with Crippen LogP contribution in [-0.2, 0) is 26.2 Å². The van der Waals surface area contributed by atoms with Crippen LogP contribution in [0.15, 0.2) is 109 Å². The van der Waals surface area contributed by atoms with Gasteiger partial charge in [-0.15, -0.1) is 0 Å². The molecule has 0 aliphatic carbocycles. The largest absolute Gasteiger partial charge is 0.317 e. The topological polar surface area (TPSA) is 72.2 Å². The van der Waals surface area contributed by atoms with Crippen molar-refractivity contribution in [1.29, 1.82) is 0 Å². The lowest BCUT2D eigenvalue weighted by molar-refractivity contribution is 0.563. The van der Waals surface area contributed by atoms with E-state index in [1.165, 1.54) is 33.4 Å². The molecule has 0 heterocycles. The van der Waals surface area contributed by atoms with Gasteiger partial charge in [0.25, 0.3) is 0 Å². The zero-order chi connectivity index (χ0) is 31.7. The molecule has 0 saturated carbocycles. The molecule has 0 atom stereocenters. The van der Waals surface area contributed by atoms with Gasteiger partial charge >= 0.3 is 0 Å². The van der Waals surface area contributed by atoms with Crippen LogP contribution in [0.3, 0.4) is 0 Å². The predicted molar refractivity (Wildman–Crippen MR) is 196 cm³/mol. The zero-order valence-corrected chi connectivity index (χ0v) is 27.7. The summed E-state index contributed by atoms with van der Waals surface area (Å²) in [6.07, 6.45) is 4.55. The van der Waals surface area contributed by atoms with Gasteiger partial charge in [-0.1, -0.05) is 97.1 Å². The van der Waals surface area contributed by atoms with Gasteiger partial charge in [-0.2, -0.15) is 0 Å². The molecule has 0 aromatic heterocycles. The van der Waals surface area contributed by atoms with E-state index in [1.54, 1.807) is 0 Å². The van der Waals surface area contributed by atoms with E-state index in [0.29, 0.717) is 0 Å². The van der Waals surface area contributed by atoms with Crippen molar-refractivity contribution in [3.63, 3.8) is 0 Å². The Labute approximate surface area is 278 Å². The number of hydrogen-bond acceptors (Lipinski definition) is 6. The predicted octanol–water partition coefficient (Wildman–Crippen LogP) is 5.85. The highest BCUT2D eigenvalue weighted by Crippen LogP contribution is 2.22. The zero-order valence-electron chi connectivity index (χ0n) is 27.7. The average molecular weight is 621 g/mol. The van der Waals surface area contributed by atoms with Crippen molar-refractivity contribution in [2.45, 2.75) is 51.9 Å². The van der Waals surface area contributed by atoms with Crippen LogP contribution in [0.4, 0.5) is 0 Å². The highest BCUT2D eigenvalue weighted by Gasteiger charge is 2.04. The minimum Gasteiger partial charge on any atom is -0.317 e. The van der Waals surface area contributed by atoms with Gasteiger partial charge in [0.2, 0.25) is 0 Å². The molecule has 4 aromatic rings. The molecule has 46 heavy (non-hydrogen) atoms. The van der Waals surface area contributed by atoms with E-state index in [9.17, 15) is 0 Å². The second-order valence-corrected chi connectivity index (χ2v) is 12.0. The Bertz CT molecular complexity index is 1220. The third kappa shape index (κ3) is 15.3. The maximum absolute atomic E-state index is 3.67. The summed E-state index contributed by atoms with van der Waals surface area (Å²) >= 11 is 0. The van der Waals surface area contributed by atoms with Gasteiger partial charge in [-0.3, -0.25) is 0 Å². The Morgan fingerprint density at radius 3 is 1.00 bits per heavy atom. The third-order valence-electron chi connectivity index (χ3n) is 7.99. The van der Waals surface area contributed by atoms with Gasteiger partial charge in [-0.05, 0) is 124 Å². The molecule has 4 aromatic carbocycles. The summed E-state index contributed by atoms with van der Waals surface area (Å²) in [5.41, 5.74) is 7.95. The lowest BCUT2D eigenvalue weighted by Gasteiger charge is -2.13. The second-order valence-electron chi connectivity index (χ2n) is 12.0. The van der Waals surface area contributed by atoms with Gasteiger partial charge in [0.15, 0.2) is 0 Å². The molecule has 246 valence electrons. The van der Waals surface area contributed by atoms with Crippen LogP contribution < -0.4 is 31.9 Å². The van der Waals surface area contributed by atoms with Crippen LogP contribution in [0.25, 0.3) is 11.1 Å². The fourth-order valence-corrected chi connectivity index (χ4v) is 5.49. The standard InChI is InChI=1S/C40H56N6/c1-4-14-35(15-5-1)31-43-24-10-20-41-22-12-26-45-33-37-28-38(30-40(29-37)39-18-8-3-9-19-39)34-46-27-13-23-42-21-11-25-44-32-36-16-6-2-7-17-36/h1-9,14-19,28-30,41-46H,10-13,20-27,31-34H2. The molecule has 6 N–H and O–H groups in total. The average Bonchev–Trinajstić information content (AvgIpc) is 3.11. The van der Waals surface area contributed by atoms with Gasteiger partial charge < -0.3 is 31.9 Å². The minimum absolute atomic E-state index is 0.890. The Kier molecular flexibility index (Phi) is 17.8. The lowest BCUT2D eigenvalue weighted by atomic mass is 9.99. The molecule has 0 aliphatic rings. The summed E-state index contributed by atoms with van der Waals surface area (Å²) in [7, 11) is 0. The molecule has 0 radical (unpaired) electrons. The molecular weight excluding hydrogens is 564 g/mol. The SMILES string of the molecule is c1ccc(CNCCCNCCCNCc2cc(CNCCCNCCCNCc3ccccc3)cc(-c3ccccc3)c2)cc1. The van der Waals surface area contributed by atoms with E-state index in [4.69, 9.17) is 0 Å². The monoisotopic (exact) mass is 620 g/mol. The summed E-state index contributed by atoms with van der Waals surface area (Å²) in [6, 6.07) is 39.0. The molecule has 6 nitrogen and oxygen atoms in total. The van der Waals surface area contributed by atoms with Crippen molar-refractivity contribution in [2.24, 2.45) is 0 Å². The molecule has 0 bridgehead atoms. The van der Waals surface area contributed by atoms with Crippen molar-refractivity contribution >= 4 is 0 Å². The lowest BCUT2D eigenvalue weighted by Crippen LogP contribution is -2.25. The van der Waals surface area contributed by atoms with Crippen LogP contribution in [0.2, 0.25) is 0 Å². The molecular formula is C40H56N6. The number of nitrogens with one attached hydrogen (secondary N) is 6. The smallest absolute Gasteiger partial charge is 0.0205 e. The molecule has 0 aliphatic heterocycles. The Morgan fingerprint density at radius 2 is 0.609 bits per heavy atom. The van der Waals surface area contributed by atoms with E-state index in [1.807, 2.05) is 0 Å². The summed E-state index contributed by atoms with van der Waals surface area (Å²) in [4.78, 5) is 0. The number of rotatable bonds is 25. The van der Waals surface area contributed by atoms with Crippen molar-refractivity contribution in [1.82, 2.24) is 31.9 Å². The number of hydrogen-bond donors (Lipinski definition) is 6. The van der Waals surface area contributed by atoms with Crippen molar-refractivity contribution in [3.8, 4) is 11.1 Å². The molecule has 0 amide bonds. The summed E-state index contributed by atoms with van der Waals surface area (Å²) in [5, 5.41) is 21.6. The van der Waals surface area contributed by atoms with Gasteiger partial charge in [0.05, 0.1) is 0 Å². The normalized spacial score (nSPS) is 11.2. The van der Waals surface area contributed by atoms with Gasteiger partial charge in [-0.25, -0.2) is 0 Å². The quantitative estimate of drug-likeness (QED) is 0.0523. The first-order chi connectivity index (χ1) is 22.9. The van der Waals surface area contributed by atoms with Crippen LogP contribution in [0.5, 0.6) is 0 Å². The van der Waals surface area contributed by atoms with E-state index in [2.05, 4.69) is 141 Å². The summed E-state index contributed by atoms with van der Waals surface area (Å²) < 4.78 is 0. The molecule has 0 unspecified atom stereocenters. The van der Waals surface area contributed by atoms with Crippen molar-refractivity contribution in [3.05, 3.63) is 131 Å². The van der Waals surface area contributed by atoms with Crippen molar-refractivity contribution in [2.75, 3.05) is 52.4 Å². The number of benzene rings is 4. The highest BCUT2D eigenvalue weighted by atomic mass is 14.9. The maximum atomic E-state index is 3.67. The van der Waals surface area contributed by atoms with Crippen molar-refractivity contribution < 1.29 is 0 Å². The Morgan fingerprint density at radius 1 is 0.283 bits per heavy atom. The molecule has 0 fully saturated rings. The molecule has 4 rings (SSSR count). The fourth-order valence-electron chi connectivity index (χ4n) is 5.49. The van der Waals surface area contributed by atoms with Crippen LogP contribution in [-0.4, -0.2) is 52.4 Å². The Hall–Kier alpha value is -3.36. The van der Waals surface area contributed by atoms with E-state index in [0.717, 1.165) is 104 Å². The Balaban J connectivity index is 1.05.